The second kappa shape index (κ2) is 5.91. The van der Waals surface area contributed by atoms with Gasteiger partial charge in [0.25, 0.3) is 0 Å². The lowest BCUT2D eigenvalue weighted by Crippen LogP contribution is -2.22. The van der Waals surface area contributed by atoms with Gasteiger partial charge in [-0.05, 0) is 17.7 Å². The van der Waals surface area contributed by atoms with E-state index >= 15 is 0 Å². The highest BCUT2D eigenvalue weighted by atomic mass is 16.4. The monoisotopic (exact) mass is 287 g/mol. The zero-order valence-corrected chi connectivity index (χ0v) is 10.9. The Labute approximate surface area is 119 Å². The van der Waals surface area contributed by atoms with Crippen molar-refractivity contribution < 1.29 is 14.7 Å². The van der Waals surface area contributed by atoms with Crippen LogP contribution in [0.4, 0.5) is 10.5 Å². The van der Waals surface area contributed by atoms with Crippen molar-refractivity contribution in [1.29, 1.82) is 0 Å². The van der Waals surface area contributed by atoms with Crippen LogP contribution in [0.2, 0.25) is 0 Å². The van der Waals surface area contributed by atoms with Gasteiger partial charge in [-0.25, -0.2) is 4.79 Å². The fraction of sp³-hybridized carbons (Fsp3) is 0.0714. The standard InChI is InChI=1S/C14H13N3O4/c15-14(21)17-9-3-1-2-8(6-9)12(13(19)20)10-7-16-5-4-11(10)18/h1-7,12H,(H,16,18)(H,19,20)(H3,15,17,21). The van der Waals surface area contributed by atoms with E-state index in [2.05, 4.69) is 10.3 Å². The van der Waals surface area contributed by atoms with Gasteiger partial charge in [0.05, 0.1) is 0 Å². The molecule has 7 nitrogen and oxygen atoms in total. The van der Waals surface area contributed by atoms with E-state index in [1.54, 1.807) is 18.2 Å². The smallest absolute Gasteiger partial charge is 0.316 e. The summed E-state index contributed by atoms with van der Waals surface area (Å²) in [5.74, 6) is -2.30. The van der Waals surface area contributed by atoms with Crippen molar-refractivity contribution >= 4 is 17.7 Å². The molecular formula is C14H13N3O4. The lowest BCUT2D eigenvalue weighted by atomic mass is 9.92. The first-order chi connectivity index (χ1) is 9.99. The molecular weight excluding hydrogens is 274 g/mol. The number of anilines is 1. The molecule has 0 aliphatic carbocycles. The lowest BCUT2D eigenvalue weighted by Gasteiger charge is -2.13. The van der Waals surface area contributed by atoms with Gasteiger partial charge >= 0.3 is 12.0 Å². The number of urea groups is 1. The Balaban J connectivity index is 2.49. The summed E-state index contributed by atoms with van der Waals surface area (Å²) in [7, 11) is 0. The molecule has 0 aliphatic rings. The third-order valence-electron chi connectivity index (χ3n) is 2.90. The van der Waals surface area contributed by atoms with Crippen LogP contribution in [0.3, 0.4) is 0 Å². The second-order valence-electron chi connectivity index (χ2n) is 4.35. The van der Waals surface area contributed by atoms with E-state index in [0.29, 0.717) is 11.3 Å². The van der Waals surface area contributed by atoms with Gasteiger partial charge < -0.3 is 21.1 Å². The zero-order valence-electron chi connectivity index (χ0n) is 10.9. The fourth-order valence-corrected chi connectivity index (χ4v) is 2.05. The summed E-state index contributed by atoms with van der Waals surface area (Å²) in [5.41, 5.74) is 5.48. The minimum Gasteiger partial charge on any atom is -0.481 e. The quantitative estimate of drug-likeness (QED) is 0.671. The lowest BCUT2D eigenvalue weighted by molar-refractivity contribution is -0.137. The second-order valence-corrected chi connectivity index (χ2v) is 4.35. The van der Waals surface area contributed by atoms with Crippen LogP contribution in [-0.2, 0) is 4.79 Å². The number of H-pyrrole nitrogens is 1. The molecule has 108 valence electrons. The van der Waals surface area contributed by atoms with E-state index in [4.69, 9.17) is 5.73 Å². The number of nitrogens with two attached hydrogens (primary N) is 1. The molecule has 0 spiro atoms. The van der Waals surface area contributed by atoms with Crippen LogP contribution in [-0.4, -0.2) is 22.1 Å². The van der Waals surface area contributed by atoms with Gasteiger partial charge in [0.15, 0.2) is 5.43 Å². The molecule has 0 fully saturated rings. The van der Waals surface area contributed by atoms with E-state index in [1.807, 2.05) is 0 Å². The number of nitrogens with one attached hydrogen (secondary N) is 2. The summed E-state index contributed by atoms with van der Waals surface area (Å²) in [6.07, 6.45) is 2.78. The maximum absolute atomic E-state index is 11.8. The molecule has 1 heterocycles. The molecule has 0 bridgehead atoms. The van der Waals surface area contributed by atoms with Crippen LogP contribution in [0.1, 0.15) is 17.0 Å². The molecule has 0 saturated carbocycles. The normalized spacial score (nSPS) is 11.6. The number of primary amides is 1. The Morgan fingerprint density at radius 1 is 1.29 bits per heavy atom. The van der Waals surface area contributed by atoms with Crippen molar-refractivity contribution in [2.24, 2.45) is 5.73 Å². The minimum absolute atomic E-state index is 0.112. The number of hydrogen-bond acceptors (Lipinski definition) is 3. The maximum Gasteiger partial charge on any atom is 0.316 e. The van der Waals surface area contributed by atoms with Gasteiger partial charge in [-0.1, -0.05) is 12.1 Å². The summed E-state index contributed by atoms with van der Waals surface area (Å²) in [6, 6.07) is 6.69. The first-order valence-electron chi connectivity index (χ1n) is 6.05. The predicted molar refractivity (Wildman–Crippen MR) is 76.2 cm³/mol. The summed E-state index contributed by atoms with van der Waals surface area (Å²) >= 11 is 0. The Bertz CT molecular complexity index is 739. The molecule has 21 heavy (non-hydrogen) atoms. The number of carboxylic acids is 1. The van der Waals surface area contributed by atoms with E-state index in [-0.39, 0.29) is 11.0 Å². The Morgan fingerprint density at radius 2 is 2.05 bits per heavy atom. The highest BCUT2D eigenvalue weighted by Gasteiger charge is 2.24. The molecule has 1 atom stereocenters. The number of aromatic nitrogens is 1. The third-order valence-corrected chi connectivity index (χ3v) is 2.90. The van der Waals surface area contributed by atoms with Crippen molar-refractivity contribution in [1.82, 2.24) is 4.98 Å². The number of aromatic amines is 1. The van der Waals surface area contributed by atoms with Crippen molar-refractivity contribution in [3.63, 3.8) is 0 Å². The highest BCUT2D eigenvalue weighted by Crippen LogP contribution is 2.24. The number of amides is 2. The van der Waals surface area contributed by atoms with Crippen LogP contribution in [0.5, 0.6) is 0 Å². The van der Waals surface area contributed by atoms with Crippen molar-refractivity contribution in [3.8, 4) is 0 Å². The number of carboxylic acid groups (broad SMARTS) is 1. The van der Waals surface area contributed by atoms with Gasteiger partial charge in [-0.15, -0.1) is 0 Å². The Hall–Kier alpha value is -3.09. The molecule has 0 radical (unpaired) electrons. The van der Waals surface area contributed by atoms with Gasteiger partial charge in [-0.2, -0.15) is 0 Å². The van der Waals surface area contributed by atoms with Crippen LogP contribution >= 0.6 is 0 Å². The average Bonchev–Trinajstić information content (AvgIpc) is 2.40. The summed E-state index contributed by atoms with van der Waals surface area (Å²) in [6.45, 7) is 0. The van der Waals surface area contributed by atoms with Crippen LogP contribution < -0.4 is 16.5 Å². The topological polar surface area (TPSA) is 125 Å². The van der Waals surface area contributed by atoms with E-state index in [0.717, 1.165) is 0 Å². The van der Waals surface area contributed by atoms with Crippen molar-refractivity contribution in [2.45, 2.75) is 5.92 Å². The Morgan fingerprint density at radius 3 is 2.67 bits per heavy atom. The number of hydrogen-bond donors (Lipinski definition) is 4. The SMILES string of the molecule is NC(=O)Nc1cccc(C(C(=O)O)c2c[nH]ccc2=O)c1. The molecule has 7 heteroatoms. The fourth-order valence-electron chi connectivity index (χ4n) is 2.05. The number of rotatable bonds is 4. The number of carbonyl (C=O) groups excluding carboxylic acids is 1. The minimum atomic E-state index is -1.16. The third kappa shape index (κ3) is 3.27. The van der Waals surface area contributed by atoms with Gasteiger partial charge in [0, 0.05) is 29.7 Å². The summed E-state index contributed by atoms with van der Waals surface area (Å²) in [5, 5.41) is 11.8. The molecule has 2 rings (SSSR count). The van der Waals surface area contributed by atoms with Crippen molar-refractivity contribution in [3.05, 3.63) is 64.1 Å². The first-order valence-corrected chi connectivity index (χ1v) is 6.05. The van der Waals surface area contributed by atoms with Gasteiger partial charge in [-0.3, -0.25) is 9.59 Å². The first kappa shape index (κ1) is 14.3. The highest BCUT2D eigenvalue weighted by molar-refractivity contribution is 5.88. The van der Waals surface area contributed by atoms with Gasteiger partial charge in [0.2, 0.25) is 0 Å². The Kier molecular flexibility index (Phi) is 4.03. The molecule has 0 saturated heterocycles. The molecule has 0 aliphatic heterocycles. The number of carbonyl (C=O) groups is 2. The van der Waals surface area contributed by atoms with E-state index < -0.39 is 17.9 Å². The van der Waals surface area contributed by atoms with Crippen molar-refractivity contribution in [2.75, 3.05) is 5.32 Å². The molecule has 2 amide bonds. The van der Waals surface area contributed by atoms with E-state index in [1.165, 1.54) is 24.5 Å². The van der Waals surface area contributed by atoms with E-state index in [9.17, 15) is 19.5 Å². The van der Waals surface area contributed by atoms with Gasteiger partial charge in [0.1, 0.15) is 5.92 Å². The maximum atomic E-state index is 11.8. The largest absolute Gasteiger partial charge is 0.481 e. The molecule has 5 N–H and O–H groups in total. The number of benzene rings is 1. The summed E-state index contributed by atoms with van der Waals surface area (Å²) < 4.78 is 0. The van der Waals surface area contributed by atoms with Crippen LogP contribution in [0, 0.1) is 0 Å². The molecule has 2 aromatic rings. The predicted octanol–water partition coefficient (Wildman–Crippen LogP) is 1.08. The number of pyridine rings is 1. The zero-order chi connectivity index (χ0) is 15.4. The summed E-state index contributed by atoms with van der Waals surface area (Å²) in [4.78, 5) is 36.9. The number of aliphatic carboxylic acids is 1. The van der Waals surface area contributed by atoms with Crippen LogP contribution in [0.25, 0.3) is 0 Å². The molecule has 1 unspecified atom stereocenters. The molecule has 1 aromatic carbocycles. The molecule has 1 aromatic heterocycles. The average molecular weight is 287 g/mol. The van der Waals surface area contributed by atoms with Crippen LogP contribution in [0.15, 0.2) is 47.5 Å².